The number of anilines is 1. The molecule has 0 saturated heterocycles. The Kier molecular flexibility index (Phi) is 5.65. The lowest BCUT2D eigenvalue weighted by Crippen LogP contribution is -2.13. The molecule has 0 heterocycles. The fourth-order valence-electron chi connectivity index (χ4n) is 2.69. The van der Waals surface area contributed by atoms with Crippen LogP contribution in [0.3, 0.4) is 0 Å². The number of nitrogens with one attached hydrogen (secondary N) is 1. The molecule has 0 aliphatic heterocycles. The fraction of sp³-hybridized carbons (Fsp3) is 0.0952. The van der Waals surface area contributed by atoms with Gasteiger partial charge in [-0.25, -0.2) is 13.2 Å². The number of esters is 1. The molecular formula is C21H19NO5S. The Morgan fingerprint density at radius 1 is 0.857 bits per heavy atom. The molecule has 3 aromatic rings. The number of carbonyl (C=O) groups excluding carboxylic acids is 1. The van der Waals surface area contributed by atoms with Gasteiger partial charge in [-0.1, -0.05) is 30.3 Å². The van der Waals surface area contributed by atoms with Gasteiger partial charge in [0.1, 0.15) is 5.75 Å². The van der Waals surface area contributed by atoms with E-state index in [1.54, 1.807) is 54.6 Å². The highest BCUT2D eigenvalue weighted by Crippen LogP contribution is 2.30. The van der Waals surface area contributed by atoms with Crippen LogP contribution < -0.4 is 9.46 Å². The van der Waals surface area contributed by atoms with Gasteiger partial charge in [-0.15, -0.1) is 0 Å². The fourth-order valence-corrected chi connectivity index (χ4v) is 3.77. The highest BCUT2D eigenvalue weighted by atomic mass is 32.2. The Labute approximate surface area is 163 Å². The number of carbonyl (C=O) groups is 1. The first kappa shape index (κ1) is 19.4. The molecule has 0 radical (unpaired) electrons. The number of sulfonamides is 1. The number of methoxy groups -OCH3 is 2. The number of para-hydroxylation sites is 1. The van der Waals surface area contributed by atoms with E-state index in [4.69, 9.17) is 9.47 Å². The predicted molar refractivity (Wildman–Crippen MR) is 107 cm³/mol. The second kappa shape index (κ2) is 8.14. The van der Waals surface area contributed by atoms with Crippen LogP contribution >= 0.6 is 0 Å². The molecule has 0 fully saturated rings. The first-order valence-corrected chi connectivity index (χ1v) is 9.87. The van der Waals surface area contributed by atoms with Crippen molar-refractivity contribution in [2.45, 2.75) is 4.90 Å². The summed E-state index contributed by atoms with van der Waals surface area (Å²) in [5.41, 5.74) is 2.31. The Morgan fingerprint density at radius 3 is 2.11 bits per heavy atom. The highest BCUT2D eigenvalue weighted by Gasteiger charge is 2.17. The van der Waals surface area contributed by atoms with E-state index in [1.807, 2.05) is 6.07 Å². The molecule has 7 heteroatoms. The van der Waals surface area contributed by atoms with Crippen molar-refractivity contribution in [2.75, 3.05) is 18.9 Å². The van der Waals surface area contributed by atoms with E-state index in [1.165, 1.54) is 26.4 Å². The van der Waals surface area contributed by atoms with Crippen LogP contribution in [0.25, 0.3) is 11.1 Å². The topological polar surface area (TPSA) is 81.7 Å². The molecule has 0 saturated carbocycles. The van der Waals surface area contributed by atoms with Crippen LogP contribution in [0, 0.1) is 0 Å². The molecule has 6 nitrogen and oxygen atoms in total. The smallest absolute Gasteiger partial charge is 0.337 e. The molecule has 3 rings (SSSR count). The van der Waals surface area contributed by atoms with E-state index in [-0.39, 0.29) is 4.90 Å². The molecule has 0 aliphatic carbocycles. The molecule has 0 spiro atoms. The van der Waals surface area contributed by atoms with Gasteiger partial charge in [0.05, 0.1) is 30.4 Å². The molecule has 0 aromatic heterocycles. The minimum atomic E-state index is -3.77. The number of hydrogen-bond acceptors (Lipinski definition) is 5. The third-order valence-corrected chi connectivity index (χ3v) is 5.54. The molecule has 0 unspecified atom stereocenters. The van der Waals surface area contributed by atoms with Crippen molar-refractivity contribution in [2.24, 2.45) is 0 Å². The van der Waals surface area contributed by atoms with E-state index < -0.39 is 16.0 Å². The third-order valence-electron chi connectivity index (χ3n) is 4.16. The van der Waals surface area contributed by atoms with E-state index in [0.717, 1.165) is 5.56 Å². The van der Waals surface area contributed by atoms with E-state index in [2.05, 4.69) is 4.72 Å². The summed E-state index contributed by atoms with van der Waals surface area (Å²) in [4.78, 5) is 11.7. The van der Waals surface area contributed by atoms with Crippen LogP contribution in [0.15, 0.2) is 77.7 Å². The van der Waals surface area contributed by atoms with Crippen LogP contribution in [0.5, 0.6) is 5.75 Å². The van der Waals surface area contributed by atoms with Crippen LogP contribution in [0.2, 0.25) is 0 Å². The summed E-state index contributed by atoms with van der Waals surface area (Å²) in [5, 5.41) is 0. The lowest BCUT2D eigenvalue weighted by Gasteiger charge is -2.13. The van der Waals surface area contributed by atoms with Crippen molar-refractivity contribution in [1.29, 1.82) is 0 Å². The van der Waals surface area contributed by atoms with Gasteiger partial charge in [0.2, 0.25) is 0 Å². The maximum atomic E-state index is 12.8. The highest BCUT2D eigenvalue weighted by molar-refractivity contribution is 7.92. The minimum absolute atomic E-state index is 0.129. The number of ether oxygens (including phenoxy) is 2. The normalized spacial score (nSPS) is 10.9. The zero-order valence-corrected chi connectivity index (χ0v) is 16.2. The summed E-state index contributed by atoms with van der Waals surface area (Å²) in [6, 6.07) is 19.9. The molecule has 0 atom stereocenters. The lowest BCUT2D eigenvalue weighted by atomic mass is 10.0. The SMILES string of the molecule is COC(=O)c1ccc(-c2ccccc2NS(=O)(=O)c2ccc(OC)cc2)cc1. The van der Waals surface area contributed by atoms with Crippen molar-refractivity contribution >= 4 is 21.7 Å². The van der Waals surface area contributed by atoms with Crippen LogP contribution in [0.1, 0.15) is 10.4 Å². The van der Waals surface area contributed by atoms with Gasteiger partial charge in [-0.05, 0) is 48.0 Å². The van der Waals surface area contributed by atoms with E-state index in [0.29, 0.717) is 22.6 Å². The van der Waals surface area contributed by atoms with Crippen molar-refractivity contribution < 1.29 is 22.7 Å². The average molecular weight is 397 g/mol. The predicted octanol–water partition coefficient (Wildman–Crippen LogP) is 3.95. The zero-order chi connectivity index (χ0) is 20.1. The summed E-state index contributed by atoms with van der Waals surface area (Å²) < 4.78 is 37.9. The number of benzene rings is 3. The molecular weight excluding hydrogens is 378 g/mol. The van der Waals surface area contributed by atoms with Gasteiger partial charge in [-0.2, -0.15) is 0 Å². The van der Waals surface area contributed by atoms with Crippen LogP contribution in [-0.2, 0) is 14.8 Å². The molecule has 0 aliphatic rings. The summed E-state index contributed by atoms with van der Waals surface area (Å²) in [7, 11) is -0.938. The zero-order valence-electron chi connectivity index (χ0n) is 15.4. The maximum absolute atomic E-state index is 12.8. The molecule has 0 amide bonds. The number of hydrogen-bond donors (Lipinski definition) is 1. The van der Waals surface area contributed by atoms with E-state index >= 15 is 0 Å². The Morgan fingerprint density at radius 2 is 1.50 bits per heavy atom. The van der Waals surface area contributed by atoms with Gasteiger partial charge >= 0.3 is 5.97 Å². The largest absolute Gasteiger partial charge is 0.497 e. The molecule has 1 N–H and O–H groups in total. The van der Waals surface area contributed by atoms with E-state index in [9.17, 15) is 13.2 Å². The van der Waals surface area contributed by atoms with Gasteiger partial charge in [0.15, 0.2) is 0 Å². The van der Waals surface area contributed by atoms with Gasteiger partial charge < -0.3 is 9.47 Å². The Hall–Kier alpha value is -3.32. The van der Waals surface area contributed by atoms with Crippen molar-refractivity contribution in [3.8, 4) is 16.9 Å². The Balaban J connectivity index is 1.92. The summed E-state index contributed by atoms with van der Waals surface area (Å²) in [6.07, 6.45) is 0. The summed E-state index contributed by atoms with van der Waals surface area (Å²) in [5.74, 6) is 0.144. The second-order valence-electron chi connectivity index (χ2n) is 5.90. The van der Waals surface area contributed by atoms with Gasteiger partial charge in [-0.3, -0.25) is 4.72 Å². The summed E-state index contributed by atoms with van der Waals surface area (Å²) >= 11 is 0. The molecule has 3 aromatic carbocycles. The van der Waals surface area contributed by atoms with Gasteiger partial charge in [0.25, 0.3) is 10.0 Å². The number of rotatable bonds is 6. The summed E-state index contributed by atoms with van der Waals surface area (Å²) in [6.45, 7) is 0. The maximum Gasteiger partial charge on any atom is 0.337 e. The first-order chi connectivity index (χ1) is 13.4. The van der Waals surface area contributed by atoms with Crippen molar-refractivity contribution in [3.63, 3.8) is 0 Å². The standard InChI is InChI=1S/C21H19NO5S/c1-26-17-11-13-18(14-12-17)28(24,25)22-20-6-4-3-5-19(20)15-7-9-16(10-8-15)21(23)27-2/h3-14,22H,1-2H3. The molecule has 0 bridgehead atoms. The lowest BCUT2D eigenvalue weighted by molar-refractivity contribution is 0.0600. The van der Waals surface area contributed by atoms with Gasteiger partial charge in [0, 0.05) is 5.56 Å². The quantitative estimate of drug-likeness (QED) is 0.637. The average Bonchev–Trinajstić information content (AvgIpc) is 2.73. The monoisotopic (exact) mass is 397 g/mol. The Bertz CT molecular complexity index is 1070. The van der Waals surface area contributed by atoms with Crippen LogP contribution in [-0.4, -0.2) is 28.6 Å². The van der Waals surface area contributed by atoms with Crippen LogP contribution in [0.4, 0.5) is 5.69 Å². The van der Waals surface area contributed by atoms with Crippen molar-refractivity contribution in [1.82, 2.24) is 0 Å². The molecule has 144 valence electrons. The third kappa shape index (κ3) is 4.15. The second-order valence-corrected chi connectivity index (χ2v) is 7.58. The van der Waals surface area contributed by atoms with Crippen molar-refractivity contribution in [3.05, 3.63) is 78.4 Å². The minimum Gasteiger partial charge on any atom is -0.497 e. The first-order valence-electron chi connectivity index (χ1n) is 8.39. The molecule has 28 heavy (non-hydrogen) atoms.